The minimum atomic E-state index is 0.283. The smallest absolute Gasteiger partial charge is 0.0734 e. The van der Waals surface area contributed by atoms with Crippen LogP contribution in [0.1, 0.15) is 13.8 Å². The van der Waals surface area contributed by atoms with E-state index < -0.39 is 0 Å². The lowest BCUT2D eigenvalue weighted by molar-refractivity contribution is -0.0354. The van der Waals surface area contributed by atoms with E-state index in [9.17, 15) is 0 Å². The number of hydrogen-bond acceptors (Lipinski definition) is 3. The van der Waals surface area contributed by atoms with Crippen LogP contribution in [0.2, 0.25) is 0 Å². The van der Waals surface area contributed by atoms with Gasteiger partial charge in [-0.05, 0) is 13.8 Å². The first-order valence-electron chi connectivity index (χ1n) is 3.41. The lowest BCUT2D eigenvalue weighted by atomic mass is 10.2. The zero-order valence-corrected chi connectivity index (χ0v) is 5.98. The fourth-order valence-electron chi connectivity index (χ4n) is 0.604. The normalized spacial score (nSPS) is 20.3. The molecule has 0 aromatic rings. The molecule has 2 N–H and O–H groups in total. The summed E-state index contributed by atoms with van der Waals surface area (Å²) in [7, 11) is 0. The second-order valence-electron chi connectivity index (χ2n) is 2.64. The van der Waals surface area contributed by atoms with Gasteiger partial charge in [-0.3, -0.25) is 4.84 Å². The average molecular weight is 130 g/mol. The highest BCUT2D eigenvalue weighted by Gasteiger charge is 2.15. The molecule has 0 spiro atoms. The monoisotopic (exact) mass is 130 g/mol. The molecule has 1 saturated heterocycles. The van der Waals surface area contributed by atoms with Crippen molar-refractivity contribution in [2.24, 2.45) is 0 Å². The van der Waals surface area contributed by atoms with Crippen molar-refractivity contribution in [3.8, 4) is 0 Å². The van der Waals surface area contributed by atoms with E-state index in [0.717, 1.165) is 13.1 Å². The van der Waals surface area contributed by atoms with Crippen molar-refractivity contribution < 1.29 is 4.84 Å². The van der Waals surface area contributed by atoms with E-state index in [-0.39, 0.29) is 6.10 Å². The molecule has 0 aromatic heterocycles. The van der Waals surface area contributed by atoms with Crippen molar-refractivity contribution in [2.75, 3.05) is 13.1 Å². The third-order valence-electron chi connectivity index (χ3n) is 1.25. The number of nitrogens with one attached hydrogen (secondary N) is 2. The Morgan fingerprint density at radius 2 is 2.22 bits per heavy atom. The molecule has 0 unspecified atom stereocenters. The molecule has 0 amide bonds. The molecule has 1 aliphatic heterocycles. The summed E-state index contributed by atoms with van der Waals surface area (Å²) >= 11 is 0. The molecular formula is C6H14N2O. The summed E-state index contributed by atoms with van der Waals surface area (Å²) in [5, 5.41) is 3.14. The molecule has 1 heterocycles. The SMILES string of the molecule is CC(C)ONC1CNC1. The second kappa shape index (κ2) is 3.15. The van der Waals surface area contributed by atoms with Crippen LogP contribution in [0.15, 0.2) is 0 Å². The van der Waals surface area contributed by atoms with Crippen molar-refractivity contribution in [1.82, 2.24) is 10.8 Å². The van der Waals surface area contributed by atoms with Gasteiger partial charge >= 0.3 is 0 Å². The molecule has 3 heteroatoms. The molecule has 0 aliphatic carbocycles. The lowest BCUT2D eigenvalue weighted by Crippen LogP contribution is -2.55. The Kier molecular flexibility index (Phi) is 2.45. The van der Waals surface area contributed by atoms with E-state index in [1.165, 1.54) is 0 Å². The highest BCUT2D eigenvalue weighted by atomic mass is 16.7. The Labute approximate surface area is 55.7 Å². The minimum Gasteiger partial charge on any atom is -0.313 e. The van der Waals surface area contributed by atoms with Crippen molar-refractivity contribution in [1.29, 1.82) is 0 Å². The minimum absolute atomic E-state index is 0.283. The van der Waals surface area contributed by atoms with E-state index in [4.69, 9.17) is 4.84 Å². The van der Waals surface area contributed by atoms with Crippen LogP contribution in [0.25, 0.3) is 0 Å². The molecule has 54 valence electrons. The average Bonchev–Trinajstić information content (AvgIpc) is 1.60. The fraction of sp³-hybridized carbons (Fsp3) is 1.00. The topological polar surface area (TPSA) is 33.3 Å². The maximum atomic E-state index is 5.16. The molecule has 0 atom stereocenters. The zero-order chi connectivity index (χ0) is 6.69. The number of hydrogen-bond donors (Lipinski definition) is 2. The van der Waals surface area contributed by atoms with Crippen LogP contribution in [0.4, 0.5) is 0 Å². The second-order valence-corrected chi connectivity index (χ2v) is 2.64. The Morgan fingerprint density at radius 1 is 1.56 bits per heavy atom. The molecule has 3 nitrogen and oxygen atoms in total. The summed E-state index contributed by atoms with van der Waals surface area (Å²) in [6.07, 6.45) is 0.283. The molecule has 0 bridgehead atoms. The number of hydroxylamine groups is 1. The van der Waals surface area contributed by atoms with Gasteiger partial charge in [-0.25, -0.2) is 0 Å². The van der Waals surface area contributed by atoms with Gasteiger partial charge in [0.05, 0.1) is 12.1 Å². The third kappa shape index (κ3) is 2.30. The van der Waals surface area contributed by atoms with Crippen LogP contribution < -0.4 is 10.8 Å². The Balaban J connectivity index is 1.91. The Hall–Kier alpha value is -0.120. The zero-order valence-electron chi connectivity index (χ0n) is 5.98. The van der Waals surface area contributed by atoms with Crippen molar-refractivity contribution >= 4 is 0 Å². The van der Waals surface area contributed by atoms with Gasteiger partial charge in [-0.15, -0.1) is 0 Å². The van der Waals surface area contributed by atoms with E-state index in [0.29, 0.717) is 6.04 Å². The van der Waals surface area contributed by atoms with E-state index in [2.05, 4.69) is 10.8 Å². The van der Waals surface area contributed by atoms with E-state index >= 15 is 0 Å². The van der Waals surface area contributed by atoms with Gasteiger partial charge < -0.3 is 5.32 Å². The molecule has 1 fully saturated rings. The standard InChI is InChI=1S/C6H14N2O/c1-5(2)9-8-6-3-7-4-6/h5-8H,3-4H2,1-2H3. The summed E-state index contributed by atoms with van der Waals surface area (Å²) in [5.41, 5.74) is 2.96. The van der Waals surface area contributed by atoms with Crippen LogP contribution in [-0.4, -0.2) is 25.2 Å². The Morgan fingerprint density at radius 3 is 2.56 bits per heavy atom. The first-order chi connectivity index (χ1) is 4.29. The van der Waals surface area contributed by atoms with Gasteiger partial charge in [-0.2, -0.15) is 5.48 Å². The highest BCUT2D eigenvalue weighted by molar-refractivity contribution is 4.78. The largest absolute Gasteiger partial charge is 0.313 e. The third-order valence-corrected chi connectivity index (χ3v) is 1.25. The van der Waals surface area contributed by atoms with E-state index in [1.807, 2.05) is 13.8 Å². The maximum absolute atomic E-state index is 5.16. The van der Waals surface area contributed by atoms with Crippen LogP contribution in [0, 0.1) is 0 Å². The Bertz CT molecular complexity index is 81.1. The molecule has 0 saturated carbocycles. The van der Waals surface area contributed by atoms with Gasteiger partial charge in [0, 0.05) is 13.1 Å². The van der Waals surface area contributed by atoms with Crippen LogP contribution in [-0.2, 0) is 4.84 Å². The predicted octanol–water partition coefficient (Wildman–Crippen LogP) is -0.112. The first-order valence-corrected chi connectivity index (χ1v) is 3.41. The van der Waals surface area contributed by atoms with Gasteiger partial charge in [-0.1, -0.05) is 0 Å². The molecule has 1 rings (SSSR count). The van der Waals surface area contributed by atoms with Crippen molar-refractivity contribution in [3.63, 3.8) is 0 Å². The summed E-state index contributed by atoms with van der Waals surface area (Å²) in [5.74, 6) is 0. The molecular weight excluding hydrogens is 116 g/mol. The van der Waals surface area contributed by atoms with Crippen LogP contribution in [0.3, 0.4) is 0 Å². The summed E-state index contributed by atoms with van der Waals surface area (Å²) < 4.78 is 0. The van der Waals surface area contributed by atoms with Crippen LogP contribution >= 0.6 is 0 Å². The molecule has 1 aliphatic rings. The van der Waals surface area contributed by atoms with Gasteiger partial charge in [0.1, 0.15) is 0 Å². The summed E-state index contributed by atoms with van der Waals surface area (Å²) in [4.78, 5) is 5.16. The highest BCUT2D eigenvalue weighted by Crippen LogP contribution is 1.92. The molecule has 9 heavy (non-hydrogen) atoms. The quantitative estimate of drug-likeness (QED) is 0.523. The van der Waals surface area contributed by atoms with Crippen molar-refractivity contribution in [3.05, 3.63) is 0 Å². The van der Waals surface area contributed by atoms with E-state index in [1.54, 1.807) is 0 Å². The maximum Gasteiger partial charge on any atom is 0.0734 e. The fourth-order valence-corrected chi connectivity index (χ4v) is 0.604. The first kappa shape index (κ1) is 6.99. The lowest BCUT2D eigenvalue weighted by Gasteiger charge is -2.28. The molecule has 0 aromatic carbocycles. The molecule has 0 radical (unpaired) electrons. The van der Waals surface area contributed by atoms with Gasteiger partial charge in [0.2, 0.25) is 0 Å². The van der Waals surface area contributed by atoms with Crippen LogP contribution in [0.5, 0.6) is 0 Å². The van der Waals surface area contributed by atoms with Gasteiger partial charge in [0.25, 0.3) is 0 Å². The summed E-state index contributed by atoms with van der Waals surface area (Å²) in [6.45, 7) is 6.09. The van der Waals surface area contributed by atoms with Crippen molar-refractivity contribution in [2.45, 2.75) is 26.0 Å². The summed E-state index contributed by atoms with van der Waals surface area (Å²) in [6, 6.07) is 0.535. The number of rotatable bonds is 3. The predicted molar refractivity (Wildman–Crippen MR) is 36.0 cm³/mol. The van der Waals surface area contributed by atoms with Gasteiger partial charge in [0.15, 0.2) is 0 Å².